The maximum Gasteiger partial charge on any atom is 0.336 e. The lowest BCUT2D eigenvalue weighted by Crippen LogP contribution is -2.17. The van der Waals surface area contributed by atoms with Crippen LogP contribution in [0.15, 0.2) is 42.5 Å². The highest BCUT2D eigenvalue weighted by Crippen LogP contribution is 2.30. The van der Waals surface area contributed by atoms with Crippen molar-refractivity contribution in [2.24, 2.45) is 0 Å². The van der Waals surface area contributed by atoms with Crippen molar-refractivity contribution in [2.45, 2.75) is 45.8 Å². The Kier molecular flexibility index (Phi) is 3.99. The topological polar surface area (TPSA) is 40.5 Å². The van der Waals surface area contributed by atoms with Crippen molar-refractivity contribution in [1.29, 1.82) is 0 Å². The lowest BCUT2D eigenvalue weighted by Gasteiger charge is -2.19. The molecule has 0 aliphatic carbocycles. The highest BCUT2D eigenvalue weighted by atomic mass is 16.4. The van der Waals surface area contributed by atoms with Gasteiger partial charge in [0, 0.05) is 19.6 Å². The third-order valence-corrected chi connectivity index (χ3v) is 4.50. The summed E-state index contributed by atoms with van der Waals surface area (Å²) in [7, 11) is 0. The summed E-state index contributed by atoms with van der Waals surface area (Å²) in [6.07, 6.45) is 0. The number of carbonyl (C=O) groups is 1. The lowest BCUT2D eigenvalue weighted by molar-refractivity contribution is 0.0694. The maximum absolute atomic E-state index is 11.4. The molecular formula is C20H23NO2. The molecule has 0 spiro atoms. The van der Waals surface area contributed by atoms with E-state index < -0.39 is 5.97 Å². The first kappa shape index (κ1) is 15.8. The molecule has 0 unspecified atom stereocenters. The highest BCUT2D eigenvalue weighted by Gasteiger charge is 2.23. The van der Waals surface area contributed by atoms with Crippen molar-refractivity contribution in [1.82, 2.24) is 4.90 Å². The molecule has 3 nitrogen and oxygen atoms in total. The zero-order valence-corrected chi connectivity index (χ0v) is 14.0. The van der Waals surface area contributed by atoms with Gasteiger partial charge in [0.1, 0.15) is 0 Å². The van der Waals surface area contributed by atoms with Gasteiger partial charge in [-0.2, -0.15) is 0 Å². The quantitative estimate of drug-likeness (QED) is 0.924. The van der Waals surface area contributed by atoms with E-state index in [0.717, 1.165) is 18.7 Å². The van der Waals surface area contributed by atoms with E-state index in [1.54, 1.807) is 12.1 Å². The van der Waals surface area contributed by atoms with E-state index >= 15 is 0 Å². The molecule has 0 saturated heterocycles. The van der Waals surface area contributed by atoms with Crippen LogP contribution in [-0.2, 0) is 25.0 Å². The number of carboxylic acid groups (broad SMARTS) is 1. The number of aromatic carboxylic acids is 1. The SMILES string of the molecule is CC(C)(C)c1ccc2c(c1)CN(Cc1ccccc1C(=O)O)C2. The summed E-state index contributed by atoms with van der Waals surface area (Å²) in [5.41, 5.74) is 5.50. The van der Waals surface area contributed by atoms with Gasteiger partial charge in [0.2, 0.25) is 0 Å². The monoisotopic (exact) mass is 309 g/mol. The minimum atomic E-state index is -0.854. The van der Waals surface area contributed by atoms with E-state index in [1.165, 1.54) is 16.7 Å². The largest absolute Gasteiger partial charge is 0.478 e. The smallest absolute Gasteiger partial charge is 0.336 e. The van der Waals surface area contributed by atoms with Gasteiger partial charge in [-0.1, -0.05) is 57.2 Å². The van der Waals surface area contributed by atoms with Crippen LogP contribution in [0.25, 0.3) is 0 Å². The summed E-state index contributed by atoms with van der Waals surface area (Å²) < 4.78 is 0. The second-order valence-corrected chi connectivity index (χ2v) is 7.34. The number of hydrogen-bond donors (Lipinski definition) is 1. The van der Waals surface area contributed by atoms with E-state index in [-0.39, 0.29) is 5.41 Å². The van der Waals surface area contributed by atoms with Crippen molar-refractivity contribution in [2.75, 3.05) is 0 Å². The van der Waals surface area contributed by atoms with Gasteiger partial charge in [-0.05, 0) is 33.7 Å². The fourth-order valence-corrected chi connectivity index (χ4v) is 3.15. The van der Waals surface area contributed by atoms with Crippen molar-refractivity contribution in [3.8, 4) is 0 Å². The molecule has 0 radical (unpaired) electrons. The Morgan fingerprint density at radius 3 is 2.48 bits per heavy atom. The summed E-state index contributed by atoms with van der Waals surface area (Å²) in [4.78, 5) is 13.7. The third kappa shape index (κ3) is 3.30. The lowest BCUT2D eigenvalue weighted by atomic mass is 9.85. The molecule has 0 saturated carbocycles. The molecule has 0 amide bonds. The van der Waals surface area contributed by atoms with Gasteiger partial charge < -0.3 is 5.11 Å². The zero-order chi connectivity index (χ0) is 16.6. The molecule has 2 aromatic rings. The van der Waals surface area contributed by atoms with Crippen molar-refractivity contribution >= 4 is 5.97 Å². The first-order valence-corrected chi connectivity index (χ1v) is 8.00. The van der Waals surface area contributed by atoms with Crippen LogP contribution in [0.5, 0.6) is 0 Å². The summed E-state index contributed by atoms with van der Waals surface area (Å²) in [5.74, 6) is -0.854. The zero-order valence-electron chi connectivity index (χ0n) is 14.0. The molecule has 3 heteroatoms. The van der Waals surface area contributed by atoms with Crippen LogP contribution in [0.1, 0.15) is 53.4 Å². The summed E-state index contributed by atoms with van der Waals surface area (Å²) >= 11 is 0. The normalized spacial score (nSPS) is 14.7. The predicted octanol–water partition coefficient (Wildman–Crippen LogP) is 4.20. The summed E-state index contributed by atoms with van der Waals surface area (Å²) in [5, 5.41) is 9.32. The number of nitrogens with zero attached hydrogens (tertiary/aromatic N) is 1. The van der Waals surface area contributed by atoms with Crippen molar-refractivity contribution in [3.05, 3.63) is 70.3 Å². The Balaban J connectivity index is 1.79. The van der Waals surface area contributed by atoms with E-state index in [2.05, 4.69) is 43.9 Å². The Labute approximate surface area is 137 Å². The van der Waals surface area contributed by atoms with E-state index in [4.69, 9.17) is 0 Å². The number of benzene rings is 2. The summed E-state index contributed by atoms with van der Waals surface area (Å²) in [6, 6.07) is 14.0. The van der Waals surface area contributed by atoms with Crippen LogP contribution in [-0.4, -0.2) is 16.0 Å². The predicted molar refractivity (Wildman–Crippen MR) is 91.5 cm³/mol. The Morgan fingerprint density at radius 1 is 1.09 bits per heavy atom. The molecular weight excluding hydrogens is 286 g/mol. The number of carboxylic acids is 1. The van der Waals surface area contributed by atoms with Crippen LogP contribution in [0.2, 0.25) is 0 Å². The fraction of sp³-hybridized carbons (Fsp3) is 0.350. The van der Waals surface area contributed by atoms with E-state index in [0.29, 0.717) is 12.1 Å². The van der Waals surface area contributed by atoms with Crippen LogP contribution in [0.4, 0.5) is 0 Å². The van der Waals surface area contributed by atoms with Crippen LogP contribution < -0.4 is 0 Å². The van der Waals surface area contributed by atoms with Crippen LogP contribution >= 0.6 is 0 Å². The fourth-order valence-electron chi connectivity index (χ4n) is 3.15. The van der Waals surface area contributed by atoms with Gasteiger partial charge in [0.05, 0.1) is 5.56 Å². The van der Waals surface area contributed by atoms with Gasteiger partial charge in [0.25, 0.3) is 0 Å². The van der Waals surface area contributed by atoms with E-state index in [1.807, 2.05) is 12.1 Å². The van der Waals surface area contributed by atoms with Gasteiger partial charge >= 0.3 is 5.97 Å². The molecule has 1 heterocycles. The van der Waals surface area contributed by atoms with Crippen LogP contribution in [0.3, 0.4) is 0 Å². The molecule has 3 rings (SSSR count). The van der Waals surface area contributed by atoms with Gasteiger partial charge in [-0.15, -0.1) is 0 Å². The summed E-state index contributed by atoms with van der Waals surface area (Å²) in [6.45, 7) is 9.11. The first-order chi connectivity index (χ1) is 10.8. The van der Waals surface area contributed by atoms with Crippen LogP contribution in [0, 0.1) is 0 Å². The molecule has 2 aromatic carbocycles. The average molecular weight is 309 g/mol. The van der Waals surface area contributed by atoms with Gasteiger partial charge in [0.15, 0.2) is 0 Å². The molecule has 120 valence electrons. The van der Waals surface area contributed by atoms with E-state index in [9.17, 15) is 9.90 Å². The molecule has 1 aliphatic heterocycles. The highest BCUT2D eigenvalue weighted by molar-refractivity contribution is 5.89. The molecule has 0 bridgehead atoms. The van der Waals surface area contributed by atoms with Gasteiger partial charge in [-0.25, -0.2) is 4.79 Å². The number of rotatable bonds is 3. The number of hydrogen-bond acceptors (Lipinski definition) is 2. The first-order valence-electron chi connectivity index (χ1n) is 8.00. The number of fused-ring (bicyclic) bond motifs is 1. The van der Waals surface area contributed by atoms with Crippen molar-refractivity contribution in [3.63, 3.8) is 0 Å². The second kappa shape index (κ2) is 5.82. The molecule has 0 atom stereocenters. The molecule has 1 N–H and O–H groups in total. The Hall–Kier alpha value is -2.13. The average Bonchev–Trinajstić information content (AvgIpc) is 2.87. The standard InChI is InChI=1S/C20H23NO2/c1-20(2,3)17-9-8-14-11-21(13-16(14)10-17)12-15-6-4-5-7-18(15)19(22)23/h4-10H,11-13H2,1-3H3,(H,22,23). The van der Waals surface area contributed by atoms with Crippen molar-refractivity contribution < 1.29 is 9.90 Å². The van der Waals surface area contributed by atoms with Gasteiger partial charge in [-0.3, -0.25) is 4.90 Å². The minimum Gasteiger partial charge on any atom is -0.478 e. The minimum absolute atomic E-state index is 0.151. The Bertz CT molecular complexity index is 744. The maximum atomic E-state index is 11.4. The molecule has 0 fully saturated rings. The Morgan fingerprint density at radius 2 is 1.78 bits per heavy atom. The third-order valence-electron chi connectivity index (χ3n) is 4.50. The second-order valence-electron chi connectivity index (χ2n) is 7.34. The molecule has 0 aromatic heterocycles. The molecule has 1 aliphatic rings. The molecule has 23 heavy (non-hydrogen) atoms.